The SMILES string of the molecule is CCC1OCCC1CNC(=O)[C@H](N)C(C)C. The Morgan fingerprint density at radius 1 is 1.56 bits per heavy atom. The van der Waals surface area contributed by atoms with Gasteiger partial charge >= 0.3 is 0 Å². The average molecular weight is 228 g/mol. The molecule has 0 aromatic rings. The van der Waals surface area contributed by atoms with Crippen LogP contribution in [0.4, 0.5) is 0 Å². The number of hydrogen-bond donors (Lipinski definition) is 2. The molecule has 1 aliphatic heterocycles. The van der Waals surface area contributed by atoms with Gasteiger partial charge in [0.2, 0.25) is 5.91 Å². The van der Waals surface area contributed by atoms with E-state index in [-0.39, 0.29) is 11.8 Å². The maximum atomic E-state index is 11.7. The molecule has 1 rings (SSSR count). The molecule has 4 heteroatoms. The van der Waals surface area contributed by atoms with Gasteiger partial charge in [0.15, 0.2) is 0 Å². The topological polar surface area (TPSA) is 64.3 Å². The molecule has 1 aliphatic rings. The highest BCUT2D eigenvalue weighted by Crippen LogP contribution is 2.22. The fourth-order valence-electron chi connectivity index (χ4n) is 2.03. The maximum absolute atomic E-state index is 11.7. The van der Waals surface area contributed by atoms with Gasteiger partial charge < -0.3 is 15.8 Å². The Bertz CT molecular complexity index is 231. The van der Waals surface area contributed by atoms with Crippen LogP contribution in [0.15, 0.2) is 0 Å². The van der Waals surface area contributed by atoms with E-state index in [1.165, 1.54) is 0 Å². The summed E-state index contributed by atoms with van der Waals surface area (Å²) in [7, 11) is 0. The van der Waals surface area contributed by atoms with Gasteiger partial charge in [0.25, 0.3) is 0 Å². The van der Waals surface area contributed by atoms with Crippen molar-refractivity contribution in [2.75, 3.05) is 13.2 Å². The van der Waals surface area contributed by atoms with E-state index < -0.39 is 6.04 Å². The molecular formula is C12H24N2O2. The lowest BCUT2D eigenvalue weighted by Gasteiger charge is -2.20. The molecule has 0 saturated carbocycles. The largest absolute Gasteiger partial charge is 0.378 e. The van der Waals surface area contributed by atoms with Crippen LogP contribution in [0.3, 0.4) is 0 Å². The Balaban J connectivity index is 2.31. The highest BCUT2D eigenvalue weighted by molar-refractivity contribution is 5.81. The van der Waals surface area contributed by atoms with Crippen LogP contribution in [0.5, 0.6) is 0 Å². The fourth-order valence-corrected chi connectivity index (χ4v) is 2.03. The van der Waals surface area contributed by atoms with Gasteiger partial charge in [0, 0.05) is 19.1 Å². The van der Waals surface area contributed by atoms with E-state index in [9.17, 15) is 4.79 Å². The maximum Gasteiger partial charge on any atom is 0.237 e. The van der Waals surface area contributed by atoms with Crippen LogP contribution in [0.25, 0.3) is 0 Å². The summed E-state index contributed by atoms with van der Waals surface area (Å²) in [6.07, 6.45) is 2.35. The number of nitrogens with one attached hydrogen (secondary N) is 1. The second-order valence-corrected chi connectivity index (χ2v) is 4.88. The number of amides is 1. The van der Waals surface area contributed by atoms with Crippen molar-refractivity contribution in [3.63, 3.8) is 0 Å². The number of rotatable bonds is 5. The van der Waals surface area contributed by atoms with Crippen LogP contribution < -0.4 is 11.1 Å². The van der Waals surface area contributed by atoms with Gasteiger partial charge in [-0.05, 0) is 18.8 Å². The fraction of sp³-hybridized carbons (Fsp3) is 0.917. The standard InChI is InChI=1S/C12H24N2O2/c1-4-10-9(5-6-16-10)7-14-12(15)11(13)8(2)3/h8-11H,4-7,13H2,1-3H3,(H,14,15)/t9?,10?,11-/m1/s1. The minimum Gasteiger partial charge on any atom is -0.378 e. The first-order valence-corrected chi connectivity index (χ1v) is 6.21. The normalized spacial score (nSPS) is 27.1. The predicted octanol–water partition coefficient (Wildman–Crippen LogP) is 0.901. The van der Waals surface area contributed by atoms with E-state index in [0.29, 0.717) is 18.6 Å². The Labute approximate surface area is 97.9 Å². The summed E-state index contributed by atoms with van der Waals surface area (Å²) in [5.74, 6) is 0.590. The third kappa shape index (κ3) is 3.46. The van der Waals surface area contributed by atoms with E-state index in [4.69, 9.17) is 10.5 Å². The van der Waals surface area contributed by atoms with E-state index in [0.717, 1.165) is 19.4 Å². The number of ether oxygens (including phenoxy) is 1. The molecule has 1 saturated heterocycles. The Morgan fingerprint density at radius 2 is 2.25 bits per heavy atom. The molecule has 3 N–H and O–H groups in total. The third-order valence-electron chi connectivity index (χ3n) is 3.31. The zero-order valence-electron chi connectivity index (χ0n) is 10.5. The average Bonchev–Trinajstić information content (AvgIpc) is 2.71. The van der Waals surface area contributed by atoms with E-state index in [2.05, 4.69) is 12.2 Å². The molecule has 0 radical (unpaired) electrons. The van der Waals surface area contributed by atoms with Gasteiger partial charge in [-0.25, -0.2) is 0 Å². The van der Waals surface area contributed by atoms with Crippen LogP contribution in [-0.4, -0.2) is 31.2 Å². The van der Waals surface area contributed by atoms with Crippen molar-refractivity contribution in [3.8, 4) is 0 Å². The first-order valence-electron chi connectivity index (χ1n) is 6.21. The molecule has 0 aliphatic carbocycles. The monoisotopic (exact) mass is 228 g/mol. The van der Waals surface area contributed by atoms with Gasteiger partial charge in [0.05, 0.1) is 12.1 Å². The van der Waals surface area contributed by atoms with Crippen LogP contribution in [0.2, 0.25) is 0 Å². The van der Waals surface area contributed by atoms with Crippen molar-refractivity contribution in [1.82, 2.24) is 5.32 Å². The second-order valence-electron chi connectivity index (χ2n) is 4.88. The molecule has 3 atom stereocenters. The minimum atomic E-state index is -0.401. The molecule has 1 heterocycles. The molecule has 0 bridgehead atoms. The van der Waals surface area contributed by atoms with Crippen molar-refractivity contribution in [2.45, 2.75) is 45.8 Å². The number of carbonyl (C=O) groups is 1. The molecule has 0 aromatic heterocycles. The van der Waals surface area contributed by atoms with Crippen LogP contribution in [-0.2, 0) is 9.53 Å². The van der Waals surface area contributed by atoms with Crippen molar-refractivity contribution < 1.29 is 9.53 Å². The third-order valence-corrected chi connectivity index (χ3v) is 3.31. The molecule has 1 fully saturated rings. The molecular weight excluding hydrogens is 204 g/mol. The summed E-state index contributed by atoms with van der Waals surface area (Å²) >= 11 is 0. The molecule has 1 amide bonds. The number of carbonyl (C=O) groups excluding carboxylic acids is 1. The van der Waals surface area contributed by atoms with Crippen LogP contribution in [0.1, 0.15) is 33.6 Å². The van der Waals surface area contributed by atoms with Gasteiger partial charge in [-0.3, -0.25) is 4.79 Å². The molecule has 94 valence electrons. The lowest BCUT2D eigenvalue weighted by molar-refractivity contribution is -0.123. The van der Waals surface area contributed by atoms with Gasteiger partial charge in [0.1, 0.15) is 0 Å². The highest BCUT2D eigenvalue weighted by Gasteiger charge is 2.27. The lowest BCUT2D eigenvalue weighted by Crippen LogP contribution is -2.46. The van der Waals surface area contributed by atoms with Crippen molar-refractivity contribution in [2.24, 2.45) is 17.6 Å². The first-order chi connectivity index (χ1) is 7.56. The second kappa shape index (κ2) is 6.21. The van der Waals surface area contributed by atoms with Gasteiger partial charge in [-0.15, -0.1) is 0 Å². The Kier molecular flexibility index (Phi) is 5.22. The minimum absolute atomic E-state index is 0.0447. The summed E-state index contributed by atoms with van der Waals surface area (Å²) in [5, 5.41) is 2.93. The zero-order valence-corrected chi connectivity index (χ0v) is 10.5. The van der Waals surface area contributed by atoms with Crippen LogP contribution in [0, 0.1) is 11.8 Å². The quantitative estimate of drug-likeness (QED) is 0.735. The molecule has 0 aromatic carbocycles. The first kappa shape index (κ1) is 13.5. The number of hydrogen-bond acceptors (Lipinski definition) is 3. The lowest BCUT2D eigenvalue weighted by atomic mass is 9.99. The molecule has 16 heavy (non-hydrogen) atoms. The summed E-state index contributed by atoms with van der Waals surface area (Å²) in [6, 6.07) is -0.401. The van der Waals surface area contributed by atoms with E-state index >= 15 is 0 Å². The smallest absolute Gasteiger partial charge is 0.237 e. The van der Waals surface area contributed by atoms with Crippen LogP contribution >= 0.6 is 0 Å². The summed E-state index contributed by atoms with van der Waals surface area (Å²) < 4.78 is 5.57. The summed E-state index contributed by atoms with van der Waals surface area (Å²) in [4.78, 5) is 11.7. The van der Waals surface area contributed by atoms with Crippen molar-refractivity contribution in [3.05, 3.63) is 0 Å². The highest BCUT2D eigenvalue weighted by atomic mass is 16.5. The zero-order chi connectivity index (χ0) is 12.1. The van der Waals surface area contributed by atoms with Crippen molar-refractivity contribution in [1.29, 1.82) is 0 Å². The Hall–Kier alpha value is -0.610. The van der Waals surface area contributed by atoms with E-state index in [1.807, 2.05) is 13.8 Å². The van der Waals surface area contributed by atoms with E-state index in [1.54, 1.807) is 0 Å². The predicted molar refractivity (Wildman–Crippen MR) is 64.0 cm³/mol. The van der Waals surface area contributed by atoms with Gasteiger partial charge in [-0.2, -0.15) is 0 Å². The summed E-state index contributed by atoms with van der Waals surface area (Å²) in [6.45, 7) is 7.53. The molecule has 0 spiro atoms. The summed E-state index contributed by atoms with van der Waals surface area (Å²) in [5.41, 5.74) is 5.77. The van der Waals surface area contributed by atoms with Gasteiger partial charge in [-0.1, -0.05) is 20.8 Å². The Morgan fingerprint density at radius 3 is 2.81 bits per heavy atom. The molecule has 4 nitrogen and oxygen atoms in total. The van der Waals surface area contributed by atoms with Crippen molar-refractivity contribution >= 4 is 5.91 Å². The molecule has 2 unspecified atom stereocenters. The number of nitrogens with two attached hydrogens (primary N) is 1.